The van der Waals surface area contributed by atoms with Crippen molar-refractivity contribution < 1.29 is 9.53 Å². The molecule has 0 saturated carbocycles. The van der Waals surface area contributed by atoms with Gasteiger partial charge in [0.1, 0.15) is 0 Å². The fourth-order valence-electron chi connectivity index (χ4n) is 1.37. The number of hydrogen-bond acceptors (Lipinski definition) is 2. The average molecular weight is 215 g/mol. The second kappa shape index (κ2) is 6.88. The first-order chi connectivity index (χ1) is 7.24. The van der Waals surface area contributed by atoms with Crippen LogP contribution < -0.4 is 8.13 Å². The molecular formula is C11H14NNaO2. The molecule has 1 amide bonds. The predicted octanol–water partition coefficient (Wildman–Crippen LogP) is 0.769. The zero-order chi connectivity index (χ0) is 11.1. The second-order valence-electron chi connectivity index (χ2n) is 3.32. The molecule has 0 heterocycles. The van der Waals surface area contributed by atoms with E-state index in [1.165, 1.54) is 8.38 Å². The summed E-state index contributed by atoms with van der Waals surface area (Å²) in [5.74, 6) is 0. The quantitative estimate of drug-likeness (QED) is 0.753. The third kappa shape index (κ3) is 4.69. The summed E-state index contributed by atoms with van der Waals surface area (Å²) in [6.45, 7) is 2.85. The summed E-state index contributed by atoms with van der Waals surface area (Å²) in [5.41, 5.74) is 1.32. The molecule has 15 heavy (non-hydrogen) atoms. The van der Waals surface area contributed by atoms with Gasteiger partial charge in [-0.3, -0.25) is 0 Å². The molecule has 0 atom stereocenters. The summed E-state index contributed by atoms with van der Waals surface area (Å²) in [6.07, 6.45) is 0.543. The topological polar surface area (TPSA) is 38.3 Å². The van der Waals surface area contributed by atoms with Crippen molar-refractivity contribution in [1.82, 2.24) is 5.32 Å². The molecule has 1 aromatic carbocycles. The Labute approximate surface area is 108 Å². The molecule has 0 unspecified atom stereocenters. The van der Waals surface area contributed by atoms with Crippen LogP contribution in [0.5, 0.6) is 0 Å². The van der Waals surface area contributed by atoms with Crippen LogP contribution in [-0.2, 0) is 11.2 Å². The van der Waals surface area contributed by atoms with Crippen LogP contribution in [0, 0.1) is 0 Å². The molecule has 4 heteroatoms. The zero-order valence-corrected chi connectivity index (χ0v) is 11.2. The van der Waals surface area contributed by atoms with Gasteiger partial charge in [0.2, 0.25) is 0 Å². The molecule has 0 saturated heterocycles. The fraction of sp³-hybridized carbons (Fsp3) is 0.364. The number of hydrogen-bond donors (Lipinski definition) is 1. The van der Waals surface area contributed by atoms with Gasteiger partial charge in [-0.1, -0.05) is 0 Å². The van der Waals surface area contributed by atoms with Gasteiger partial charge in [0.15, 0.2) is 0 Å². The number of amides is 1. The number of ether oxygens (including phenoxy) is 1. The van der Waals surface area contributed by atoms with Crippen molar-refractivity contribution in [2.45, 2.75) is 13.3 Å². The van der Waals surface area contributed by atoms with Crippen molar-refractivity contribution in [3.8, 4) is 0 Å². The Kier molecular flexibility index (Phi) is 5.76. The predicted molar refractivity (Wildman–Crippen MR) is 60.6 cm³/mol. The summed E-state index contributed by atoms with van der Waals surface area (Å²) in [7, 11) is 0. The van der Waals surface area contributed by atoms with Crippen LogP contribution in [0.2, 0.25) is 0 Å². The van der Waals surface area contributed by atoms with Crippen molar-refractivity contribution in [3.63, 3.8) is 0 Å². The molecule has 0 aliphatic rings. The summed E-state index contributed by atoms with van der Waals surface area (Å²) in [5, 5.41) is 2.71. The maximum atomic E-state index is 11.0. The monoisotopic (exact) mass is 215 g/mol. The van der Waals surface area contributed by atoms with Crippen LogP contribution in [-0.4, -0.2) is 47.2 Å². The van der Waals surface area contributed by atoms with Crippen molar-refractivity contribution in [3.05, 3.63) is 29.8 Å². The molecule has 0 bridgehead atoms. The fourth-order valence-corrected chi connectivity index (χ4v) is 1.98. The van der Waals surface area contributed by atoms with Gasteiger partial charge < -0.3 is 0 Å². The third-order valence-corrected chi connectivity index (χ3v) is 3.18. The Morgan fingerprint density at radius 1 is 1.47 bits per heavy atom. The molecule has 1 aromatic rings. The summed E-state index contributed by atoms with van der Waals surface area (Å²) in [6, 6.07) is 8.31. The number of alkyl carbamates (subject to hydrolysis) is 1. The van der Waals surface area contributed by atoms with Gasteiger partial charge in [-0.25, -0.2) is 0 Å². The van der Waals surface area contributed by atoms with Gasteiger partial charge in [-0.05, 0) is 0 Å². The van der Waals surface area contributed by atoms with E-state index >= 15 is 0 Å². The molecule has 76 valence electrons. The van der Waals surface area contributed by atoms with Crippen LogP contribution in [0.4, 0.5) is 4.79 Å². The van der Waals surface area contributed by atoms with E-state index in [-0.39, 0.29) is 6.09 Å². The molecule has 0 radical (unpaired) electrons. The Bertz CT molecular complexity index is 328. The zero-order valence-electron chi connectivity index (χ0n) is 9.25. The van der Waals surface area contributed by atoms with E-state index in [0.29, 0.717) is 13.2 Å². The molecular weight excluding hydrogens is 201 g/mol. The Morgan fingerprint density at radius 2 is 2.20 bits per heavy atom. The van der Waals surface area contributed by atoms with Gasteiger partial charge in [-0.2, -0.15) is 0 Å². The van der Waals surface area contributed by atoms with E-state index in [1.807, 2.05) is 12.1 Å². The molecule has 1 rings (SSSR count). The Morgan fingerprint density at radius 3 is 2.87 bits per heavy atom. The Balaban J connectivity index is 2.32. The van der Waals surface area contributed by atoms with Crippen LogP contribution in [0.25, 0.3) is 0 Å². The molecule has 0 aliphatic heterocycles. The number of carbonyl (C=O) groups excluding carboxylic acids is 1. The van der Waals surface area contributed by atoms with E-state index < -0.39 is 0 Å². The van der Waals surface area contributed by atoms with Crippen LogP contribution in [0.15, 0.2) is 24.3 Å². The first-order valence-corrected chi connectivity index (χ1v) is 6.19. The normalized spacial score (nSPS) is 9.80. The number of nitrogens with one attached hydrogen (secondary N) is 1. The minimum absolute atomic E-state index is 0.330. The summed E-state index contributed by atoms with van der Waals surface area (Å²) in [4.78, 5) is 11.0. The van der Waals surface area contributed by atoms with E-state index in [2.05, 4.69) is 17.4 Å². The molecule has 0 spiro atoms. The molecule has 0 fully saturated rings. The van der Waals surface area contributed by atoms with Gasteiger partial charge in [0.05, 0.1) is 0 Å². The van der Waals surface area contributed by atoms with Gasteiger partial charge in [0.25, 0.3) is 0 Å². The van der Waals surface area contributed by atoms with Crippen LogP contribution in [0.1, 0.15) is 12.5 Å². The van der Waals surface area contributed by atoms with Crippen LogP contribution >= 0.6 is 0 Å². The first kappa shape index (κ1) is 12.6. The third-order valence-electron chi connectivity index (χ3n) is 2.20. The van der Waals surface area contributed by atoms with Crippen molar-refractivity contribution in [2.24, 2.45) is 0 Å². The number of rotatable bonds is 4. The Hall–Kier alpha value is -0.510. The molecule has 0 aliphatic carbocycles. The molecule has 3 nitrogen and oxygen atoms in total. The minimum atomic E-state index is -0.330. The summed E-state index contributed by atoms with van der Waals surface area (Å²) < 4.78 is 6.16. The molecule has 0 aromatic heterocycles. The van der Waals surface area contributed by atoms with E-state index in [0.717, 1.165) is 34.4 Å². The standard InChI is InChI=1S/C11H14NO2.Na/c1-2-14-11(13)12-9-8-10-6-4-3-5-7-10;/h3-6H,2,8-9H2,1H3,(H,12,13);. The number of carbonyl (C=O) groups is 1. The van der Waals surface area contributed by atoms with Crippen LogP contribution in [0.3, 0.4) is 0 Å². The maximum absolute atomic E-state index is 11.0. The van der Waals surface area contributed by atoms with Crippen molar-refractivity contribution in [2.75, 3.05) is 13.2 Å². The molecule has 1 N–H and O–H groups in total. The van der Waals surface area contributed by atoms with Crippen molar-refractivity contribution >= 4 is 36.8 Å². The second-order valence-corrected chi connectivity index (χ2v) is 4.40. The first-order valence-electron chi connectivity index (χ1n) is 5.19. The average Bonchev–Trinajstić information content (AvgIpc) is 2.21. The van der Waals surface area contributed by atoms with Crippen molar-refractivity contribution in [1.29, 1.82) is 0 Å². The van der Waals surface area contributed by atoms with Gasteiger partial charge in [-0.15, -0.1) is 0 Å². The van der Waals surface area contributed by atoms with E-state index in [9.17, 15) is 4.79 Å². The van der Waals surface area contributed by atoms with E-state index in [4.69, 9.17) is 4.74 Å². The SMILES string of the molecule is CCOC(=O)NCCc1cccc[c]1[Na]. The van der Waals surface area contributed by atoms with Gasteiger partial charge >= 0.3 is 108 Å². The van der Waals surface area contributed by atoms with E-state index in [1.54, 1.807) is 6.92 Å². The van der Waals surface area contributed by atoms with Gasteiger partial charge in [0, 0.05) is 0 Å². The number of benzene rings is 1. The summed E-state index contributed by atoms with van der Waals surface area (Å²) >= 11 is 1.05.